The number of halogens is 1. The largest absolute Gasteiger partial charge is 0.481 e. The summed E-state index contributed by atoms with van der Waals surface area (Å²) in [5.41, 5.74) is 0.739. The molecule has 0 aromatic heterocycles. The highest BCUT2D eigenvalue weighted by Crippen LogP contribution is 2.27. The first-order valence-electron chi connectivity index (χ1n) is 9.30. The van der Waals surface area contributed by atoms with E-state index < -0.39 is 28.0 Å². The zero-order valence-corrected chi connectivity index (χ0v) is 18.8. The zero-order valence-electron chi connectivity index (χ0n) is 16.4. The fraction of sp³-hybridized carbons (Fsp3) is 0.227. The summed E-state index contributed by atoms with van der Waals surface area (Å²) in [5, 5.41) is 13.2. The van der Waals surface area contributed by atoms with Gasteiger partial charge in [-0.05, 0) is 29.8 Å². The lowest BCUT2D eigenvalue weighted by Crippen LogP contribution is -2.43. The van der Waals surface area contributed by atoms with E-state index in [0.717, 1.165) is 14.3 Å². The Kier molecular flexibility index (Phi) is 8.98. The summed E-state index contributed by atoms with van der Waals surface area (Å²) in [6.45, 7) is 7.46. The van der Waals surface area contributed by atoms with Crippen LogP contribution in [-0.4, -0.2) is 43.4 Å². The quantitative estimate of drug-likeness (QED) is 0.439. The van der Waals surface area contributed by atoms with E-state index in [4.69, 9.17) is 0 Å². The van der Waals surface area contributed by atoms with Crippen molar-refractivity contribution in [3.05, 3.63) is 89.9 Å². The molecule has 160 valence electrons. The molecule has 2 N–H and O–H groups in total. The van der Waals surface area contributed by atoms with Gasteiger partial charge in [0.05, 0.1) is 10.8 Å². The number of rotatable bonds is 12. The number of carboxylic acid groups (broad SMARTS) is 1. The Hall–Kier alpha value is -2.26. The Bertz CT molecular complexity index is 962. The number of hydrogen-bond donors (Lipinski definition) is 2. The number of nitrogens with zero attached hydrogens (tertiary/aromatic N) is 1. The van der Waals surface area contributed by atoms with Crippen LogP contribution in [0.2, 0.25) is 0 Å². The summed E-state index contributed by atoms with van der Waals surface area (Å²) in [4.78, 5) is 12.3. The van der Waals surface area contributed by atoms with Crippen LogP contribution in [0.4, 0.5) is 0 Å². The SMILES string of the molecule is C=CCNC(c1ccc(Br)cc1)C(CN(CC=C)S(=O)(=O)c1ccccc1)C(=O)O. The van der Waals surface area contributed by atoms with Gasteiger partial charge in [-0.1, -0.05) is 58.4 Å². The van der Waals surface area contributed by atoms with Crippen LogP contribution < -0.4 is 5.32 Å². The molecule has 2 unspecified atom stereocenters. The minimum atomic E-state index is -3.89. The molecule has 0 amide bonds. The highest BCUT2D eigenvalue weighted by Gasteiger charge is 2.35. The Morgan fingerprint density at radius 1 is 1.10 bits per heavy atom. The predicted molar refractivity (Wildman–Crippen MR) is 122 cm³/mol. The first-order chi connectivity index (χ1) is 14.3. The minimum Gasteiger partial charge on any atom is -0.481 e. The lowest BCUT2D eigenvalue weighted by Gasteiger charge is -2.30. The van der Waals surface area contributed by atoms with E-state index in [-0.39, 0.29) is 18.0 Å². The van der Waals surface area contributed by atoms with E-state index in [1.165, 1.54) is 18.2 Å². The molecule has 0 bridgehead atoms. The molecule has 0 fully saturated rings. The van der Waals surface area contributed by atoms with E-state index >= 15 is 0 Å². The van der Waals surface area contributed by atoms with Crippen LogP contribution in [0.5, 0.6) is 0 Å². The highest BCUT2D eigenvalue weighted by molar-refractivity contribution is 9.10. The molecule has 6 nitrogen and oxygen atoms in total. The summed E-state index contributed by atoms with van der Waals surface area (Å²) < 4.78 is 28.3. The third-order valence-electron chi connectivity index (χ3n) is 4.54. The standard InChI is InChI=1S/C22H25BrN2O4S/c1-3-14-24-21(17-10-12-18(23)13-11-17)20(22(26)27)16-25(15-4-2)30(28,29)19-8-6-5-7-9-19/h3-13,20-21,24H,1-2,14-16H2,(H,26,27). The summed E-state index contributed by atoms with van der Waals surface area (Å²) in [7, 11) is -3.89. The molecule has 0 saturated heterocycles. The van der Waals surface area contributed by atoms with Crippen molar-refractivity contribution in [1.29, 1.82) is 0 Å². The molecule has 2 rings (SSSR count). The van der Waals surface area contributed by atoms with Gasteiger partial charge in [0.2, 0.25) is 10.0 Å². The molecular formula is C22H25BrN2O4S. The van der Waals surface area contributed by atoms with Crippen molar-refractivity contribution in [3.63, 3.8) is 0 Å². The predicted octanol–water partition coefficient (Wildman–Crippen LogP) is 3.84. The summed E-state index contributed by atoms with van der Waals surface area (Å²) in [5.74, 6) is -2.14. The zero-order chi connectivity index (χ0) is 22.1. The number of benzene rings is 2. The second-order valence-electron chi connectivity index (χ2n) is 6.59. The van der Waals surface area contributed by atoms with E-state index in [1.54, 1.807) is 24.3 Å². The maximum atomic E-state index is 13.1. The molecule has 0 spiro atoms. The van der Waals surface area contributed by atoms with E-state index in [0.29, 0.717) is 6.54 Å². The Labute approximate surface area is 186 Å². The molecule has 0 heterocycles. The van der Waals surface area contributed by atoms with E-state index in [9.17, 15) is 18.3 Å². The second-order valence-corrected chi connectivity index (χ2v) is 9.45. The molecule has 0 saturated carbocycles. The summed E-state index contributed by atoms with van der Waals surface area (Å²) in [6, 6.07) is 14.6. The van der Waals surface area contributed by atoms with Gasteiger partial charge in [0.1, 0.15) is 0 Å². The summed E-state index contributed by atoms with van der Waals surface area (Å²) >= 11 is 3.37. The van der Waals surface area contributed by atoms with Gasteiger partial charge >= 0.3 is 5.97 Å². The molecule has 2 atom stereocenters. The third kappa shape index (κ3) is 6.12. The molecular weight excluding hydrogens is 468 g/mol. The first kappa shape index (κ1) is 24.0. The normalized spacial score (nSPS) is 13.5. The van der Waals surface area contributed by atoms with Crippen molar-refractivity contribution in [2.24, 2.45) is 5.92 Å². The van der Waals surface area contributed by atoms with Crippen molar-refractivity contribution in [3.8, 4) is 0 Å². The highest BCUT2D eigenvalue weighted by atomic mass is 79.9. The van der Waals surface area contributed by atoms with Gasteiger partial charge in [-0.25, -0.2) is 8.42 Å². The fourth-order valence-electron chi connectivity index (χ4n) is 3.07. The minimum absolute atomic E-state index is 0.00444. The summed E-state index contributed by atoms with van der Waals surface area (Å²) in [6.07, 6.45) is 3.08. The number of nitrogens with one attached hydrogen (secondary N) is 1. The van der Waals surface area contributed by atoms with Crippen LogP contribution in [0.15, 0.2) is 89.3 Å². The van der Waals surface area contributed by atoms with Gasteiger partial charge < -0.3 is 10.4 Å². The number of carboxylic acids is 1. The molecule has 0 aliphatic rings. The van der Waals surface area contributed by atoms with Crippen LogP contribution in [0.1, 0.15) is 11.6 Å². The topological polar surface area (TPSA) is 86.7 Å². The molecule has 2 aromatic carbocycles. The molecule has 2 aromatic rings. The number of carbonyl (C=O) groups is 1. The third-order valence-corrected chi connectivity index (χ3v) is 6.92. The van der Waals surface area contributed by atoms with Crippen LogP contribution in [0, 0.1) is 5.92 Å². The lowest BCUT2D eigenvalue weighted by atomic mass is 9.92. The van der Waals surface area contributed by atoms with Gasteiger partial charge in [-0.2, -0.15) is 4.31 Å². The average Bonchev–Trinajstić information content (AvgIpc) is 2.73. The van der Waals surface area contributed by atoms with Crippen LogP contribution in [0.25, 0.3) is 0 Å². The van der Waals surface area contributed by atoms with E-state index in [2.05, 4.69) is 34.4 Å². The maximum Gasteiger partial charge on any atom is 0.309 e. The molecule has 0 radical (unpaired) electrons. The molecule has 0 aliphatic heterocycles. The monoisotopic (exact) mass is 492 g/mol. The van der Waals surface area contributed by atoms with Crippen molar-refractivity contribution in [2.45, 2.75) is 10.9 Å². The molecule has 30 heavy (non-hydrogen) atoms. The van der Waals surface area contributed by atoms with Gasteiger partial charge in [0.25, 0.3) is 0 Å². The van der Waals surface area contributed by atoms with Crippen LogP contribution in [0.3, 0.4) is 0 Å². The Morgan fingerprint density at radius 3 is 2.27 bits per heavy atom. The van der Waals surface area contributed by atoms with Crippen LogP contribution in [-0.2, 0) is 14.8 Å². The van der Waals surface area contributed by atoms with Crippen molar-refractivity contribution >= 4 is 31.9 Å². The van der Waals surface area contributed by atoms with Gasteiger partial charge in [-0.3, -0.25) is 4.79 Å². The van der Waals surface area contributed by atoms with Crippen LogP contribution >= 0.6 is 15.9 Å². The number of sulfonamides is 1. The smallest absolute Gasteiger partial charge is 0.309 e. The molecule has 8 heteroatoms. The van der Waals surface area contributed by atoms with Crippen molar-refractivity contribution in [2.75, 3.05) is 19.6 Å². The number of aliphatic carboxylic acids is 1. The lowest BCUT2D eigenvalue weighted by molar-refractivity contribution is -0.143. The number of hydrogen-bond acceptors (Lipinski definition) is 4. The first-order valence-corrected chi connectivity index (χ1v) is 11.5. The van der Waals surface area contributed by atoms with Crippen molar-refractivity contribution < 1.29 is 18.3 Å². The maximum absolute atomic E-state index is 13.1. The Balaban J connectivity index is 2.43. The van der Waals surface area contributed by atoms with Crippen molar-refractivity contribution in [1.82, 2.24) is 9.62 Å². The molecule has 0 aliphatic carbocycles. The van der Waals surface area contributed by atoms with Gasteiger partial charge in [0, 0.05) is 30.1 Å². The fourth-order valence-corrected chi connectivity index (χ4v) is 4.80. The van der Waals surface area contributed by atoms with E-state index in [1.807, 2.05) is 24.3 Å². The second kappa shape index (κ2) is 11.2. The average molecular weight is 493 g/mol. The Morgan fingerprint density at radius 2 is 1.73 bits per heavy atom. The van der Waals surface area contributed by atoms with Gasteiger partial charge in [-0.15, -0.1) is 13.2 Å². The van der Waals surface area contributed by atoms with Gasteiger partial charge in [0.15, 0.2) is 0 Å².